The molecular formula is C10H11FO2S. The lowest BCUT2D eigenvalue weighted by molar-refractivity contribution is -0.116. The molecule has 0 aliphatic heterocycles. The van der Waals surface area contributed by atoms with Gasteiger partial charge in [-0.3, -0.25) is 9.00 Å². The first-order valence-corrected chi connectivity index (χ1v) is 5.40. The van der Waals surface area contributed by atoms with Crippen LogP contribution in [0, 0.1) is 5.82 Å². The summed E-state index contributed by atoms with van der Waals surface area (Å²) in [5, 5.41) is -0.586. The molecule has 14 heavy (non-hydrogen) atoms. The van der Waals surface area contributed by atoms with Crippen LogP contribution in [0.2, 0.25) is 0 Å². The molecular weight excluding hydrogens is 203 g/mol. The number of halogens is 1. The maximum Gasteiger partial charge on any atom is 0.145 e. The van der Waals surface area contributed by atoms with Gasteiger partial charge in [0, 0.05) is 4.90 Å². The Morgan fingerprint density at radius 1 is 1.50 bits per heavy atom. The summed E-state index contributed by atoms with van der Waals surface area (Å²) in [5.41, 5.74) is 0. The molecule has 0 heterocycles. The number of hydrogen-bond acceptors (Lipinski definition) is 2. The summed E-state index contributed by atoms with van der Waals surface area (Å²) >= 11 is 0. The second-order valence-electron chi connectivity index (χ2n) is 3.01. The molecule has 0 aliphatic rings. The molecule has 1 rings (SSSR count). The third kappa shape index (κ3) is 2.48. The Hall–Kier alpha value is -1.03. The summed E-state index contributed by atoms with van der Waals surface area (Å²) in [6, 6.07) is 5.50. The van der Waals surface area contributed by atoms with Crippen molar-refractivity contribution in [2.45, 2.75) is 24.0 Å². The molecule has 0 aliphatic carbocycles. The van der Waals surface area contributed by atoms with Crippen LogP contribution in [-0.2, 0) is 15.6 Å². The Bertz CT molecular complexity index is 376. The molecule has 4 heteroatoms. The van der Waals surface area contributed by atoms with Gasteiger partial charge in [0.25, 0.3) is 0 Å². The van der Waals surface area contributed by atoms with Gasteiger partial charge in [0.1, 0.15) is 11.6 Å². The fourth-order valence-corrected chi connectivity index (χ4v) is 2.10. The number of hydrogen-bond donors (Lipinski definition) is 0. The molecule has 0 fully saturated rings. The van der Waals surface area contributed by atoms with Gasteiger partial charge in [0.2, 0.25) is 0 Å². The minimum absolute atomic E-state index is 0.160. The highest BCUT2D eigenvalue weighted by Crippen LogP contribution is 2.13. The quantitative estimate of drug-likeness (QED) is 0.770. The van der Waals surface area contributed by atoms with E-state index in [1.807, 2.05) is 0 Å². The normalized spacial score (nSPS) is 14.8. The highest BCUT2D eigenvalue weighted by molar-refractivity contribution is 7.86. The van der Waals surface area contributed by atoms with Gasteiger partial charge in [0.15, 0.2) is 0 Å². The van der Waals surface area contributed by atoms with E-state index in [2.05, 4.69) is 0 Å². The molecule has 76 valence electrons. The maximum absolute atomic E-state index is 12.8. The maximum atomic E-state index is 12.8. The first-order chi connectivity index (χ1) is 6.52. The van der Waals surface area contributed by atoms with E-state index in [0.29, 0.717) is 4.90 Å². The van der Waals surface area contributed by atoms with Crippen LogP contribution in [0.4, 0.5) is 4.39 Å². The predicted octanol–water partition coefficient (Wildman–Crippen LogP) is 1.91. The van der Waals surface area contributed by atoms with Gasteiger partial charge < -0.3 is 0 Å². The Balaban J connectivity index is 2.95. The standard InChI is InChI=1S/C10H11FO2S/c1-7(12)8(2)14(13)10-5-3-4-9(11)6-10/h3-6,8H,1-2H3. The number of Topliss-reactive ketones (excluding diaryl/α,β-unsaturated/α-hetero) is 1. The second-order valence-corrected chi connectivity index (χ2v) is 4.78. The third-order valence-electron chi connectivity index (χ3n) is 1.92. The molecule has 2 unspecified atom stereocenters. The van der Waals surface area contributed by atoms with E-state index in [9.17, 15) is 13.4 Å². The number of benzene rings is 1. The highest BCUT2D eigenvalue weighted by atomic mass is 32.2. The zero-order valence-corrected chi connectivity index (χ0v) is 8.81. The SMILES string of the molecule is CC(=O)C(C)S(=O)c1cccc(F)c1. The molecule has 0 saturated carbocycles. The molecule has 2 nitrogen and oxygen atoms in total. The topological polar surface area (TPSA) is 34.1 Å². The van der Waals surface area contributed by atoms with E-state index >= 15 is 0 Å². The van der Waals surface area contributed by atoms with E-state index in [1.54, 1.807) is 13.0 Å². The molecule has 1 aromatic rings. The lowest BCUT2D eigenvalue weighted by Gasteiger charge is -2.07. The van der Waals surface area contributed by atoms with E-state index in [0.717, 1.165) is 0 Å². The monoisotopic (exact) mass is 214 g/mol. The molecule has 0 bridgehead atoms. The number of ketones is 1. The fraction of sp³-hybridized carbons (Fsp3) is 0.300. The van der Waals surface area contributed by atoms with Crippen molar-refractivity contribution in [3.05, 3.63) is 30.1 Å². The molecule has 0 spiro atoms. The molecule has 1 aromatic carbocycles. The Morgan fingerprint density at radius 3 is 2.64 bits per heavy atom. The fourth-order valence-electron chi connectivity index (χ4n) is 0.947. The van der Waals surface area contributed by atoms with Gasteiger partial charge in [0.05, 0.1) is 16.0 Å². The number of carbonyl (C=O) groups is 1. The Labute approximate surface area is 84.6 Å². The van der Waals surface area contributed by atoms with Gasteiger partial charge >= 0.3 is 0 Å². The van der Waals surface area contributed by atoms with Crippen LogP contribution in [-0.4, -0.2) is 15.2 Å². The summed E-state index contributed by atoms with van der Waals surface area (Å²) in [4.78, 5) is 11.3. The molecule has 2 atom stereocenters. The van der Waals surface area contributed by atoms with Crippen LogP contribution >= 0.6 is 0 Å². The molecule has 0 aromatic heterocycles. The number of rotatable bonds is 3. The summed E-state index contributed by atoms with van der Waals surface area (Å²) < 4.78 is 24.4. The van der Waals surface area contributed by atoms with Crippen LogP contribution in [0.5, 0.6) is 0 Å². The largest absolute Gasteiger partial charge is 0.299 e. The van der Waals surface area contributed by atoms with Crippen molar-refractivity contribution in [3.63, 3.8) is 0 Å². The van der Waals surface area contributed by atoms with Crippen LogP contribution < -0.4 is 0 Å². The summed E-state index contributed by atoms with van der Waals surface area (Å²) in [6.45, 7) is 2.95. The molecule has 0 radical (unpaired) electrons. The molecule has 0 N–H and O–H groups in total. The minimum Gasteiger partial charge on any atom is -0.299 e. The van der Waals surface area contributed by atoms with Crippen molar-refractivity contribution in [3.8, 4) is 0 Å². The average molecular weight is 214 g/mol. The van der Waals surface area contributed by atoms with E-state index < -0.39 is 21.9 Å². The van der Waals surface area contributed by atoms with Crippen molar-refractivity contribution in [2.75, 3.05) is 0 Å². The van der Waals surface area contributed by atoms with Gasteiger partial charge in [-0.1, -0.05) is 6.07 Å². The van der Waals surface area contributed by atoms with Gasteiger partial charge in [-0.25, -0.2) is 4.39 Å². The average Bonchev–Trinajstić information content (AvgIpc) is 2.15. The zero-order valence-electron chi connectivity index (χ0n) is 7.99. The van der Waals surface area contributed by atoms with Crippen molar-refractivity contribution in [2.24, 2.45) is 0 Å². The summed E-state index contributed by atoms with van der Waals surface area (Å²) in [7, 11) is -1.46. The summed E-state index contributed by atoms with van der Waals surface area (Å²) in [5.74, 6) is -0.598. The first kappa shape index (κ1) is 11.0. The van der Waals surface area contributed by atoms with Crippen molar-refractivity contribution >= 4 is 16.6 Å². The van der Waals surface area contributed by atoms with Crippen LogP contribution in [0.3, 0.4) is 0 Å². The zero-order chi connectivity index (χ0) is 10.7. The first-order valence-electron chi connectivity index (χ1n) is 4.19. The molecule has 0 saturated heterocycles. The number of carbonyl (C=O) groups excluding carboxylic acids is 1. The molecule has 0 amide bonds. The van der Waals surface area contributed by atoms with E-state index in [1.165, 1.54) is 25.1 Å². The van der Waals surface area contributed by atoms with Gasteiger partial charge in [-0.05, 0) is 32.0 Å². The predicted molar refractivity (Wildman–Crippen MR) is 53.0 cm³/mol. The Kier molecular flexibility index (Phi) is 3.52. The van der Waals surface area contributed by atoms with Crippen LogP contribution in [0.1, 0.15) is 13.8 Å². The smallest absolute Gasteiger partial charge is 0.145 e. The summed E-state index contributed by atoms with van der Waals surface area (Å²) in [6.07, 6.45) is 0. The third-order valence-corrected chi connectivity index (χ3v) is 3.61. The van der Waals surface area contributed by atoms with Crippen molar-refractivity contribution in [1.82, 2.24) is 0 Å². The van der Waals surface area contributed by atoms with Gasteiger partial charge in [-0.15, -0.1) is 0 Å². The van der Waals surface area contributed by atoms with E-state index in [-0.39, 0.29) is 5.78 Å². The van der Waals surface area contributed by atoms with Crippen molar-refractivity contribution in [1.29, 1.82) is 0 Å². The lowest BCUT2D eigenvalue weighted by atomic mass is 10.3. The minimum atomic E-state index is -1.46. The van der Waals surface area contributed by atoms with E-state index in [4.69, 9.17) is 0 Å². The lowest BCUT2D eigenvalue weighted by Crippen LogP contribution is -2.19. The van der Waals surface area contributed by atoms with Gasteiger partial charge in [-0.2, -0.15) is 0 Å². The highest BCUT2D eigenvalue weighted by Gasteiger charge is 2.17. The van der Waals surface area contributed by atoms with Crippen LogP contribution in [0.15, 0.2) is 29.2 Å². The van der Waals surface area contributed by atoms with Crippen molar-refractivity contribution < 1.29 is 13.4 Å². The van der Waals surface area contributed by atoms with Crippen LogP contribution in [0.25, 0.3) is 0 Å². The second kappa shape index (κ2) is 4.46. The Morgan fingerprint density at radius 2 is 2.14 bits per heavy atom.